The maximum atomic E-state index is 12.4. The van der Waals surface area contributed by atoms with Gasteiger partial charge in [-0.2, -0.15) is 9.59 Å². The number of rotatable bonds is 19. The highest BCUT2D eigenvalue weighted by Crippen LogP contribution is 2.60. The SMILES string of the molecule is CCC(C)(C)C(=O)OC12CC3CC(C1)OC(=O)C(C3)C2.CCC(C)(C)C(=O)OC12CC3CC(O)(CC(C1)C(=O)O3)C2.CCC(C)(C)C(=O)OC1C(=O)OC2C3OC(C)(C)OC3OC12.CCC(C)(C)C(=O)OCC(=O)OC1C2CC3C(=O)OC1C3C2.CCC(C)(C)C(=O)OCC(=O)OC1C2CC3C1OC(=O)C3C2C.O=C=O. The molecule has 8 saturated carbocycles. The van der Waals surface area contributed by atoms with Gasteiger partial charge in [-0.05, 0) is 172 Å². The van der Waals surface area contributed by atoms with Crippen LogP contribution in [0.5, 0.6) is 0 Å². The van der Waals surface area contributed by atoms with E-state index >= 15 is 0 Å². The molecule has 0 radical (unpaired) electrons. The Bertz CT molecular complexity index is 3620. The summed E-state index contributed by atoms with van der Waals surface area (Å²) >= 11 is 0. The predicted molar refractivity (Wildman–Crippen MR) is 378 cm³/mol. The minimum absolute atomic E-state index is 0.00636. The quantitative estimate of drug-likeness (QED) is 0.0934. The summed E-state index contributed by atoms with van der Waals surface area (Å²) in [7, 11) is 0. The lowest BCUT2D eigenvalue weighted by Crippen LogP contribution is -2.57. The van der Waals surface area contributed by atoms with Crippen LogP contribution >= 0.6 is 0 Å². The minimum Gasteiger partial charge on any atom is -0.462 e. The van der Waals surface area contributed by atoms with Crippen molar-refractivity contribution in [2.75, 3.05) is 13.2 Å². The van der Waals surface area contributed by atoms with Crippen molar-refractivity contribution in [3.05, 3.63) is 0 Å². The molecule has 30 nitrogen and oxygen atoms in total. The highest BCUT2D eigenvalue weighted by molar-refractivity contribution is 5.85. The molecule has 24 unspecified atom stereocenters. The van der Waals surface area contributed by atoms with Gasteiger partial charge in [-0.3, -0.25) is 43.2 Å². The summed E-state index contributed by atoms with van der Waals surface area (Å²) < 4.78 is 82.2. The third kappa shape index (κ3) is 18.0. The maximum Gasteiger partial charge on any atom is 0.373 e. The fourth-order valence-corrected chi connectivity index (χ4v) is 18.7. The van der Waals surface area contributed by atoms with E-state index in [9.17, 15) is 62.6 Å². The number of esters is 12. The van der Waals surface area contributed by atoms with Gasteiger partial charge in [0, 0.05) is 62.2 Å². The lowest BCUT2D eigenvalue weighted by Gasteiger charge is -2.50. The molecular weight excluding hydrogens is 1450 g/mol. The van der Waals surface area contributed by atoms with E-state index in [1.54, 1.807) is 55.4 Å². The van der Waals surface area contributed by atoms with E-state index in [0.717, 1.165) is 44.9 Å². The molecule has 9 aliphatic heterocycles. The fraction of sp³-hybridized carbons (Fsp3) is 0.840. The first-order valence-electron chi connectivity index (χ1n) is 39.8. The molecule has 8 aliphatic carbocycles. The number of ether oxygens (including phenoxy) is 15. The highest BCUT2D eigenvalue weighted by atomic mass is 16.9. The molecule has 30 heteroatoms. The van der Waals surface area contributed by atoms with Crippen LogP contribution in [0.4, 0.5) is 0 Å². The lowest BCUT2D eigenvalue weighted by atomic mass is 9.62. The van der Waals surface area contributed by atoms with Crippen LogP contribution in [0, 0.1) is 86.3 Å². The average molecular weight is 1570 g/mol. The first-order chi connectivity index (χ1) is 51.7. The fourth-order valence-electron chi connectivity index (χ4n) is 18.7. The Kier molecular flexibility index (Phi) is 25.1. The van der Waals surface area contributed by atoms with Crippen LogP contribution in [-0.2, 0) is 138 Å². The van der Waals surface area contributed by atoms with Crippen LogP contribution in [0.15, 0.2) is 0 Å². The van der Waals surface area contributed by atoms with E-state index in [1.165, 1.54) is 0 Å². The number of hydrogen-bond donors (Lipinski definition) is 1. The zero-order valence-corrected chi connectivity index (χ0v) is 67.6. The Labute approximate surface area is 648 Å². The van der Waals surface area contributed by atoms with Crippen molar-refractivity contribution in [1.29, 1.82) is 0 Å². The molecule has 0 aromatic carbocycles. The highest BCUT2D eigenvalue weighted by Gasteiger charge is 2.69. The molecule has 1 N–H and O–H groups in total. The Hall–Kier alpha value is -7.14. The number of carbonyl (C=O) groups is 12. The zero-order chi connectivity index (χ0) is 82.0. The number of hydrogen-bond acceptors (Lipinski definition) is 30. The summed E-state index contributed by atoms with van der Waals surface area (Å²) in [6.07, 6.45) is 7.22. The Morgan fingerprint density at radius 3 is 1.55 bits per heavy atom. The van der Waals surface area contributed by atoms with E-state index in [-0.39, 0.29) is 132 Å². The van der Waals surface area contributed by atoms with Crippen molar-refractivity contribution in [2.45, 2.75) is 330 Å². The minimum atomic E-state index is -1.07. The van der Waals surface area contributed by atoms with Crippen molar-refractivity contribution >= 4 is 77.8 Å². The van der Waals surface area contributed by atoms with Gasteiger partial charge in [0.25, 0.3) is 0 Å². The monoisotopic (exact) mass is 1570 g/mol. The third-order valence-electron chi connectivity index (χ3n) is 26.8. The van der Waals surface area contributed by atoms with Gasteiger partial charge in [-0.25, -0.2) is 14.4 Å². The van der Waals surface area contributed by atoms with Gasteiger partial charge in [0.1, 0.15) is 53.9 Å². The topological polar surface area (TPSA) is 398 Å². The predicted octanol–water partition coefficient (Wildman–Crippen LogP) is 8.51. The van der Waals surface area contributed by atoms with E-state index in [0.29, 0.717) is 76.5 Å². The van der Waals surface area contributed by atoms with Gasteiger partial charge in [0.05, 0.1) is 56.3 Å². The van der Waals surface area contributed by atoms with Crippen LogP contribution in [0.25, 0.3) is 0 Å². The Balaban J connectivity index is 0.000000146. The van der Waals surface area contributed by atoms with Crippen molar-refractivity contribution in [1.82, 2.24) is 0 Å². The molecule has 0 spiro atoms. The van der Waals surface area contributed by atoms with Gasteiger partial charge in [-0.15, -0.1) is 0 Å². The van der Waals surface area contributed by atoms with Crippen molar-refractivity contribution in [2.24, 2.45) is 86.3 Å². The molecule has 24 atom stereocenters. The second kappa shape index (κ2) is 32.3. The summed E-state index contributed by atoms with van der Waals surface area (Å²) in [5.74, 6) is -3.93. The van der Waals surface area contributed by atoms with Crippen molar-refractivity contribution in [3.8, 4) is 0 Å². The average Bonchev–Trinajstić information content (AvgIpc) is 1.73. The van der Waals surface area contributed by atoms with E-state index in [4.69, 9.17) is 80.6 Å². The van der Waals surface area contributed by atoms with Gasteiger partial charge in [0.15, 0.2) is 37.5 Å². The summed E-state index contributed by atoms with van der Waals surface area (Å²) in [5.41, 5.74) is -5.02. The molecule has 620 valence electrons. The van der Waals surface area contributed by atoms with Crippen molar-refractivity contribution in [3.63, 3.8) is 0 Å². The molecule has 9 saturated heterocycles. The van der Waals surface area contributed by atoms with Gasteiger partial charge in [0.2, 0.25) is 6.10 Å². The maximum absolute atomic E-state index is 12.4. The lowest BCUT2D eigenvalue weighted by molar-refractivity contribution is -0.217. The van der Waals surface area contributed by atoms with Crippen LogP contribution < -0.4 is 0 Å². The Morgan fingerprint density at radius 2 is 0.964 bits per heavy atom. The molecular formula is C81H116O30. The first-order valence-corrected chi connectivity index (χ1v) is 39.8. The molecule has 17 fully saturated rings. The first kappa shape index (κ1) is 86.3. The Morgan fingerprint density at radius 1 is 0.468 bits per heavy atom. The standard InChI is InChI=1S/C17H24O6.C16H22O6.C16H24O5.C16H24O4.C15H22O7.CO2/c1-5-17(3,4)16(20)21-7-11(18)22-13-9-6-10-12(8(9)2)15(19)23-14(10)13;1-4-16(2,3)15(19)20-7-11(17)21-12-8-5-9-10(6-8)14(18)22-13(9)12;1-4-14(2,3)13(18)21-16-6-10-5-15(19,9-16)7-11(8-16)20-12(10)17;1-4-15(2,3)14(18)20-16-7-10-5-11(8-16)13(17)19-12(6-10)9-16;1-6-14(2,3)13(17)20-9-7-8(18-11(9)16)10-12(19-7)22-15(4,5)21-10;2-1-3/h8-10,12-14H,5-7H2,1-4H3;8-10,12-13H,4-7H2,1-3H3;10-11,19H,4-9H2,1-3H3;10-12H,4-9H2,1-3H3;7-10,12H,6H2,1-5H3;. The molecule has 17 aliphatic rings. The van der Waals surface area contributed by atoms with Gasteiger partial charge in [-0.1, -0.05) is 41.5 Å². The number of fused-ring (bicyclic) bond motifs is 7. The summed E-state index contributed by atoms with van der Waals surface area (Å²) in [6.45, 7) is 32.6. The molecule has 111 heavy (non-hydrogen) atoms. The zero-order valence-electron chi connectivity index (χ0n) is 67.6. The molecule has 9 heterocycles. The van der Waals surface area contributed by atoms with Crippen LogP contribution in [0.1, 0.15) is 240 Å². The molecule has 0 amide bonds. The van der Waals surface area contributed by atoms with Crippen LogP contribution in [0.2, 0.25) is 0 Å². The molecule has 0 aromatic heterocycles. The second-order valence-corrected chi connectivity index (χ2v) is 37.2. The summed E-state index contributed by atoms with van der Waals surface area (Å²) in [5, 5.41) is 10.7. The van der Waals surface area contributed by atoms with Gasteiger partial charge < -0.3 is 76.2 Å². The van der Waals surface area contributed by atoms with Gasteiger partial charge >= 0.3 is 77.8 Å². The number of carbonyl (C=O) groups excluding carboxylic acids is 14. The smallest absolute Gasteiger partial charge is 0.373 e. The molecule has 17 rings (SSSR count). The van der Waals surface area contributed by atoms with Crippen LogP contribution in [-0.4, -0.2) is 186 Å². The number of aliphatic hydroxyl groups is 1. The van der Waals surface area contributed by atoms with Crippen LogP contribution in [0.3, 0.4) is 0 Å². The van der Waals surface area contributed by atoms with Crippen molar-refractivity contribution < 1.29 is 143 Å². The van der Waals surface area contributed by atoms with E-state index < -0.39 is 129 Å². The largest absolute Gasteiger partial charge is 0.462 e. The normalized spacial score (nSPS) is 37.6. The van der Waals surface area contributed by atoms with E-state index in [2.05, 4.69) is 0 Å². The summed E-state index contributed by atoms with van der Waals surface area (Å²) in [6, 6.07) is 0. The summed E-state index contributed by atoms with van der Waals surface area (Å²) in [4.78, 5) is 160. The third-order valence-corrected chi connectivity index (χ3v) is 26.8. The van der Waals surface area contributed by atoms with E-state index in [1.807, 2.05) is 69.2 Å². The molecule has 12 bridgehead atoms. The second-order valence-electron chi connectivity index (χ2n) is 37.2. The molecule has 0 aromatic rings.